The molecule has 1 aliphatic rings. The van der Waals surface area contributed by atoms with Gasteiger partial charge in [-0.05, 0) is 24.7 Å². The van der Waals surface area contributed by atoms with Gasteiger partial charge in [-0.1, -0.05) is 32.4 Å². The molecular weight excluding hydrogens is 174 g/mol. The molecule has 1 aliphatic carbocycles. The largest absolute Gasteiger partial charge is 0.350 e. The van der Waals surface area contributed by atoms with Crippen molar-refractivity contribution in [2.45, 2.75) is 53.0 Å². The van der Waals surface area contributed by atoms with Gasteiger partial charge in [-0.2, -0.15) is 0 Å². The third-order valence-electron chi connectivity index (χ3n) is 2.72. The molecule has 1 atom stereocenters. The van der Waals surface area contributed by atoms with Crippen LogP contribution in [-0.2, 0) is 4.79 Å². The molecule has 1 unspecified atom stereocenters. The average Bonchev–Trinajstić information content (AvgIpc) is 2.01. The summed E-state index contributed by atoms with van der Waals surface area (Å²) in [4.78, 5) is 10.9. The quantitative estimate of drug-likeness (QED) is 0.640. The van der Waals surface area contributed by atoms with Gasteiger partial charge in [0.25, 0.3) is 0 Å². The fourth-order valence-electron chi connectivity index (χ4n) is 1.92. The number of allylic oxidation sites excluding steroid dienone is 1. The summed E-state index contributed by atoms with van der Waals surface area (Å²) in [5.41, 5.74) is 1.72. The highest BCUT2D eigenvalue weighted by atomic mass is 16.1. The van der Waals surface area contributed by atoms with Crippen LogP contribution >= 0.6 is 0 Å². The van der Waals surface area contributed by atoms with Crippen LogP contribution in [0, 0.1) is 5.41 Å². The molecule has 2 heteroatoms. The second-order valence-electron chi connectivity index (χ2n) is 5.14. The lowest BCUT2D eigenvalue weighted by molar-refractivity contribution is -0.119. The third kappa shape index (κ3) is 3.17. The van der Waals surface area contributed by atoms with Crippen LogP contribution in [-0.4, -0.2) is 11.9 Å². The summed E-state index contributed by atoms with van der Waals surface area (Å²) in [5, 5.41) is 2.97. The monoisotopic (exact) mass is 195 g/mol. The van der Waals surface area contributed by atoms with Crippen molar-refractivity contribution in [1.82, 2.24) is 5.32 Å². The zero-order valence-electron chi connectivity index (χ0n) is 9.68. The van der Waals surface area contributed by atoms with E-state index in [0.717, 1.165) is 6.42 Å². The van der Waals surface area contributed by atoms with E-state index < -0.39 is 0 Å². The van der Waals surface area contributed by atoms with Crippen molar-refractivity contribution in [2.75, 3.05) is 0 Å². The molecular formula is C12H21NO. The average molecular weight is 195 g/mol. The van der Waals surface area contributed by atoms with E-state index in [2.05, 4.69) is 32.2 Å². The standard InChI is InChI=1S/C12H21NO/c1-9(14)13-11-7-5-6-10(8-11)12(2,3)4/h8,11H,5-7H2,1-4H3,(H,13,14). The summed E-state index contributed by atoms with van der Waals surface area (Å²) >= 11 is 0. The molecule has 2 nitrogen and oxygen atoms in total. The number of hydrogen-bond donors (Lipinski definition) is 1. The minimum absolute atomic E-state index is 0.0707. The van der Waals surface area contributed by atoms with Crippen LogP contribution in [0.15, 0.2) is 11.6 Å². The van der Waals surface area contributed by atoms with Gasteiger partial charge in [0.1, 0.15) is 0 Å². The number of carbonyl (C=O) groups excluding carboxylic acids is 1. The smallest absolute Gasteiger partial charge is 0.217 e. The molecule has 0 heterocycles. The lowest BCUT2D eigenvalue weighted by Crippen LogP contribution is -2.34. The highest BCUT2D eigenvalue weighted by molar-refractivity contribution is 5.73. The summed E-state index contributed by atoms with van der Waals surface area (Å²) in [6, 6.07) is 0.260. The second kappa shape index (κ2) is 4.16. The van der Waals surface area contributed by atoms with E-state index in [4.69, 9.17) is 0 Å². The minimum atomic E-state index is 0.0707. The van der Waals surface area contributed by atoms with Crippen LogP contribution in [0.3, 0.4) is 0 Å². The van der Waals surface area contributed by atoms with Gasteiger partial charge in [-0.25, -0.2) is 0 Å². The molecule has 0 fully saturated rings. The molecule has 0 aliphatic heterocycles. The second-order valence-corrected chi connectivity index (χ2v) is 5.14. The van der Waals surface area contributed by atoms with Crippen LogP contribution in [0.5, 0.6) is 0 Å². The summed E-state index contributed by atoms with van der Waals surface area (Å²) in [7, 11) is 0. The SMILES string of the molecule is CC(=O)NC1C=C(C(C)(C)C)CCC1. The molecule has 0 aromatic carbocycles. The minimum Gasteiger partial charge on any atom is -0.350 e. The molecule has 0 saturated carbocycles. The number of nitrogens with one attached hydrogen (secondary N) is 1. The molecule has 0 saturated heterocycles. The van der Waals surface area contributed by atoms with E-state index in [1.165, 1.54) is 18.4 Å². The Labute approximate surface area is 86.8 Å². The van der Waals surface area contributed by atoms with Gasteiger partial charge in [0.2, 0.25) is 5.91 Å². The first kappa shape index (κ1) is 11.3. The fraction of sp³-hybridized carbons (Fsp3) is 0.750. The van der Waals surface area contributed by atoms with Crippen molar-refractivity contribution in [2.24, 2.45) is 5.41 Å². The van der Waals surface area contributed by atoms with Crippen LogP contribution < -0.4 is 5.32 Å². The number of carbonyl (C=O) groups is 1. The highest BCUT2D eigenvalue weighted by Crippen LogP contribution is 2.32. The molecule has 1 rings (SSSR count). The Morgan fingerprint density at radius 2 is 2.14 bits per heavy atom. The molecule has 80 valence electrons. The third-order valence-corrected chi connectivity index (χ3v) is 2.72. The first-order valence-electron chi connectivity index (χ1n) is 5.38. The van der Waals surface area contributed by atoms with Crippen molar-refractivity contribution < 1.29 is 4.79 Å². The molecule has 0 aromatic rings. The maximum Gasteiger partial charge on any atom is 0.217 e. The zero-order valence-corrected chi connectivity index (χ0v) is 9.68. The van der Waals surface area contributed by atoms with Crippen LogP contribution in [0.25, 0.3) is 0 Å². The number of amides is 1. The zero-order chi connectivity index (χ0) is 10.8. The van der Waals surface area contributed by atoms with Crippen LogP contribution in [0.1, 0.15) is 47.0 Å². The van der Waals surface area contributed by atoms with E-state index in [0.29, 0.717) is 0 Å². The van der Waals surface area contributed by atoms with Gasteiger partial charge in [-0.15, -0.1) is 0 Å². The first-order chi connectivity index (χ1) is 6.39. The van der Waals surface area contributed by atoms with Gasteiger partial charge in [0, 0.05) is 13.0 Å². The molecule has 0 bridgehead atoms. The van der Waals surface area contributed by atoms with Crippen molar-refractivity contribution in [3.8, 4) is 0 Å². The van der Waals surface area contributed by atoms with Gasteiger partial charge >= 0.3 is 0 Å². The van der Waals surface area contributed by atoms with Crippen molar-refractivity contribution >= 4 is 5.91 Å². The Morgan fingerprint density at radius 3 is 2.64 bits per heavy atom. The lowest BCUT2D eigenvalue weighted by Gasteiger charge is -2.29. The molecule has 1 N–H and O–H groups in total. The maximum atomic E-state index is 10.9. The van der Waals surface area contributed by atoms with Gasteiger partial charge in [0.15, 0.2) is 0 Å². The maximum absolute atomic E-state index is 10.9. The molecule has 1 amide bonds. The lowest BCUT2D eigenvalue weighted by atomic mass is 9.79. The molecule has 0 aromatic heterocycles. The van der Waals surface area contributed by atoms with E-state index in [9.17, 15) is 4.79 Å². The Hall–Kier alpha value is -0.790. The van der Waals surface area contributed by atoms with Gasteiger partial charge in [0.05, 0.1) is 0 Å². The predicted octanol–water partition coefficient (Wildman–Crippen LogP) is 2.65. The predicted molar refractivity (Wildman–Crippen MR) is 59.0 cm³/mol. The van der Waals surface area contributed by atoms with E-state index >= 15 is 0 Å². The summed E-state index contributed by atoms with van der Waals surface area (Å²) in [6.45, 7) is 8.28. The molecule has 0 radical (unpaired) electrons. The fourth-order valence-corrected chi connectivity index (χ4v) is 1.92. The van der Waals surface area contributed by atoms with Crippen LogP contribution in [0.2, 0.25) is 0 Å². The van der Waals surface area contributed by atoms with Crippen molar-refractivity contribution in [1.29, 1.82) is 0 Å². The molecule has 14 heavy (non-hydrogen) atoms. The Bertz CT molecular complexity index is 248. The number of rotatable bonds is 1. The summed E-state index contributed by atoms with van der Waals surface area (Å²) < 4.78 is 0. The Morgan fingerprint density at radius 1 is 1.50 bits per heavy atom. The highest BCUT2D eigenvalue weighted by Gasteiger charge is 2.22. The van der Waals surface area contributed by atoms with Crippen LogP contribution in [0.4, 0.5) is 0 Å². The van der Waals surface area contributed by atoms with E-state index in [-0.39, 0.29) is 17.4 Å². The van der Waals surface area contributed by atoms with E-state index in [1.807, 2.05) is 0 Å². The molecule has 0 spiro atoms. The van der Waals surface area contributed by atoms with E-state index in [1.54, 1.807) is 6.92 Å². The van der Waals surface area contributed by atoms with Gasteiger partial charge < -0.3 is 5.32 Å². The normalized spacial score (nSPS) is 22.9. The summed E-state index contributed by atoms with van der Waals surface area (Å²) in [6.07, 6.45) is 5.69. The van der Waals surface area contributed by atoms with Crippen molar-refractivity contribution in [3.63, 3.8) is 0 Å². The topological polar surface area (TPSA) is 29.1 Å². The van der Waals surface area contributed by atoms with Crippen molar-refractivity contribution in [3.05, 3.63) is 11.6 Å². The van der Waals surface area contributed by atoms with Gasteiger partial charge in [-0.3, -0.25) is 4.79 Å². The summed E-state index contributed by atoms with van der Waals surface area (Å²) in [5.74, 6) is 0.0707. The Balaban J connectivity index is 2.69. The Kier molecular flexibility index (Phi) is 3.35. The first-order valence-corrected chi connectivity index (χ1v) is 5.38. The number of hydrogen-bond acceptors (Lipinski definition) is 1.